The first-order valence-corrected chi connectivity index (χ1v) is 9.74. The smallest absolute Gasteiger partial charge is 0.262 e. The number of carbonyl (C=O) groups excluding carboxylic acids is 1. The molecule has 2 rings (SSSR count). The summed E-state index contributed by atoms with van der Waals surface area (Å²) >= 11 is 7.29. The minimum absolute atomic E-state index is 0.0903. The van der Waals surface area contributed by atoms with Crippen molar-refractivity contribution in [3.05, 3.63) is 46.2 Å². The summed E-state index contributed by atoms with van der Waals surface area (Å²) in [6.45, 7) is 11.8. The summed E-state index contributed by atoms with van der Waals surface area (Å²) in [5.41, 5.74) is 0.0687. The Bertz CT molecular complexity index is 892. The van der Waals surface area contributed by atoms with Gasteiger partial charge in [0.15, 0.2) is 5.16 Å². The lowest BCUT2D eigenvalue weighted by molar-refractivity contribution is -0.121. The lowest BCUT2D eigenvalue weighted by Gasteiger charge is -2.26. The van der Waals surface area contributed by atoms with Gasteiger partial charge in [-0.1, -0.05) is 36.4 Å². The molecule has 1 amide bonds. The maximum atomic E-state index is 12.8. The molecule has 2 aromatic rings. The zero-order valence-corrected chi connectivity index (χ0v) is 17.1. The van der Waals surface area contributed by atoms with E-state index in [4.69, 9.17) is 11.6 Å². The van der Waals surface area contributed by atoms with Crippen LogP contribution in [0.25, 0.3) is 10.9 Å². The fourth-order valence-corrected chi connectivity index (χ4v) is 3.37. The molecule has 0 spiro atoms. The Morgan fingerprint density at radius 1 is 1.50 bits per heavy atom. The molecule has 140 valence electrons. The van der Waals surface area contributed by atoms with Crippen molar-refractivity contribution in [2.75, 3.05) is 0 Å². The Morgan fingerprint density at radius 2 is 2.19 bits per heavy atom. The standard InChI is InChI=1S/C19H24ClN3O2S/c1-6-10-23-17(25)14-9-8-13(20)11-15(14)21-18(23)26-12(3)16(24)22-19(4,5)7-2/h6,8-9,11-12H,1,7,10H2,2-5H3,(H,22,24). The van der Waals surface area contributed by atoms with Crippen LogP contribution in [0, 0.1) is 0 Å². The monoisotopic (exact) mass is 393 g/mol. The van der Waals surface area contributed by atoms with Crippen LogP contribution in [0.15, 0.2) is 40.8 Å². The first kappa shape index (κ1) is 20.5. The SMILES string of the molecule is C=CCn1c(SC(C)C(=O)NC(C)(C)CC)nc2cc(Cl)ccc2c1=O. The van der Waals surface area contributed by atoms with Gasteiger partial charge in [0.1, 0.15) is 0 Å². The predicted molar refractivity (Wildman–Crippen MR) is 109 cm³/mol. The summed E-state index contributed by atoms with van der Waals surface area (Å²) in [5.74, 6) is -0.0903. The number of nitrogens with zero attached hydrogens (tertiary/aromatic N) is 2. The van der Waals surface area contributed by atoms with Crippen LogP contribution in [-0.4, -0.2) is 26.2 Å². The summed E-state index contributed by atoms with van der Waals surface area (Å²) in [5, 5.41) is 4.10. The van der Waals surface area contributed by atoms with Gasteiger partial charge < -0.3 is 5.32 Å². The number of thioether (sulfide) groups is 1. The van der Waals surface area contributed by atoms with Crippen molar-refractivity contribution >= 4 is 40.2 Å². The van der Waals surface area contributed by atoms with Crippen molar-refractivity contribution in [3.63, 3.8) is 0 Å². The van der Waals surface area contributed by atoms with Crippen molar-refractivity contribution in [2.45, 2.75) is 56.6 Å². The summed E-state index contributed by atoms with van der Waals surface area (Å²) in [6, 6.07) is 4.99. The van der Waals surface area contributed by atoms with Crippen LogP contribution in [-0.2, 0) is 11.3 Å². The summed E-state index contributed by atoms with van der Waals surface area (Å²) in [6.07, 6.45) is 2.46. The number of hydrogen-bond acceptors (Lipinski definition) is 4. The molecular formula is C19H24ClN3O2S. The minimum Gasteiger partial charge on any atom is -0.350 e. The number of rotatable bonds is 7. The van der Waals surface area contributed by atoms with E-state index in [-0.39, 0.29) is 17.0 Å². The first-order valence-electron chi connectivity index (χ1n) is 8.48. The number of amides is 1. The van der Waals surface area contributed by atoms with Crippen LogP contribution in [0.5, 0.6) is 0 Å². The lowest BCUT2D eigenvalue weighted by Crippen LogP contribution is -2.46. The molecule has 26 heavy (non-hydrogen) atoms. The Morgan fingerprint density at radius 3 is 2.81 bits per heavy atom. The second kappa shape index (κ2) is 8.27. The van der Waals surface area contributed by atoms with Crippen molar-refractivity contribution in [2.24, 2.45) is 0 Å². The maximum absolute atomic E-state index is 12.8. The van der Waals surface area contributed by atoms with Crippen LogP contribution in [0.4, 0.5) is 0 Å². The fraction of sp³-hybridized carbons (Fsp3) is 0.421. The Balaban J connectivity index is 2.41. The average Bonchev–Trinajstić information content (AvgIpc) is 2.57. The minimum atomic E-state index is -0.402. The lowest BCUT2D eigenvalue weighted by atomic mass is 10.0. The van der Waals surface area contributed by atoms with Gasteiger partial charge in [-0.15, -0.1) is 6.58 Å². The molecule has 5 nitrogen and oxygen atoms in total. The van der Waals surface area contributed by atoms with E-state index in [0.29, 0.717) is 27.6 Å². The van der Waals surface area contributed by atoms with Gasteiger partial charge in [0.2, 0.25) is 5.91 Å². The van der Waals surface area contributed by atoms with Crippen LogP contribution < -0.4 is 10.9 Å². The van der Waals surface area contributed by atoms with Crippen LogP contribution in [0.2, 0.25) is 5.02 Å². The molecule has 0 aliphatic heterocycles. The highest BCUT2D eigenvalue weighted by molar-refractivity contribution is 8.00. The highest BCUT2D eigenvalue weighted by atomic mass is 35.5. The quantitative estimate of drug-likeness (QED) is 0.438. The molecule has 0 bridgehead atoms. The molecule has 0 aliphatic rings. The number of fused-ring (bicyclic) bond motifs is 1. The number of allylic oxidation sites excluding steroid dienone is 1. The van der Waals surface area contributed by atoms with Crippen molar-refractivity contribution in [1.29, 1.82) is 0 Å². The molecule has 1 aromatic heterocycles. The predicted octanol–water partition coefficient (Wildman–Crippen LogP) is 4.02. The number of nitrogens with one attached hydrogen (secondary N) is 1. The van der Waals surface area contributed by atoms with Gasteiger partial charge in [-0.3, -0.25) is 14.2 Å². The second-order valence-electron chi connectivity index (χ2n) is 6.75. The third-order valence-corrected chi connectivity index (χ3v) is 5.52. The van der Waals surface area contributed by atoms with E-state index in [1.807, 2.05) is 20.8 Å². The number of halogens is 1. The molecule has 1 heterocycles. The highest BCUT2D eigenvalue weighted by Crippen LogP contribution is 2.24. The molecule has 1 N–H and O–H groups in total. The molecule has 0 radical (unpaired) electrons. The van der Waals surface area contributed by atoms with Gasteiger partial charge in [-0.05, 0) is 45.4 Å². The van der Waals surface area contributed by atoms with E-state index in [0.717, 1.165) is 6.42 Å². The van der Waals surface area contributed by atoms with E-state index < -0.39 is 5.25 Å². The van der Waals surface area contributed by atoms with E-state index in [1.54, 1.807) is 31.2 Å². The highest BCUT2D eigenvalue weighted by Gasteiger charge is 2.24. The van der Waals surface area contributed by atoms with E-state index in [1.165, 1.54) is 16.3 Å². The molecule has 1 unspecified atom stereocenters. The normalized spacial score (nSPS) is 12.8. The van der Waals surface area contributed by atoms with E-state index >= 15 is 0 Å². The topological polar surface area (TPSA) is 64.0 Å². The number of benzene rings is 1. The largest absolute Gasteiger partial charge is 0.350 e. The Labute approximate surface area is 162 Å². The molecule has 7 heteroatoms. The van der Waals surface area contributed by atoms with E-state index in [2.05, 4.69) is 16.9 Å². The van der Waals surface area contributed by atoms with Gasteiger partial charge in [-0.2, -0.15) is 0 Å². The molecular weight excluding hydrogens is 370 g/mol. The Kier molecular flexibility index (Phi) is 6.53. The number of aromatic nitrogens is 2. The average molecular weight is 394 g/mol. The molecule has 0 saturated heterocycles. The van der Waals surface area contributed by atoms with Crippen molar-refractivity contribution in [1.82, 2.24) is 14.9 Å². The molecule has 1 aromatic carbocycles. The third kappa shape index (κ3) is 4.68. The molecule has 0 aliphatic carbocycles. The van der Waals surface area contributed by atoms with Gasteiger partial charge in [0, 0.05) is 17.1 Å². The van der Waals surface area contributed by atoms with E-state index in [9.17, 15) is 9.59 Å². The van der Waals surface area contributed by atoms with Gasteiger partial charge in [-0.25, -0.2) is 4.98 Å². The first-order chi connectivity index (χ1) is 12.2. The second-order valence-corrected chi connectivity index (χ2v) is 8.49. The maximum Gasteiger partial charge on any atom is 0.262 e. The summed E-state index contributed by atoms with van der Waals surface area (Å²) in [4.78, 5) is 29.9. The number of hydrogen-bond donors (Lipinski definition) is 1. The van der Waals surface area contributed by atoms with Gasteiger partial charge in [0.05, 0.1) is 16.2 Å². The zero-order chi connectivity index (χ0) is 19.5. The summed E-state index contributed by atoms with van der Waals surface area (Å²) in [7, 11) is 0. The number of carbonyl (C=O) groups is 1. The van der Waals surface area contributed by atoms with Crippen LogP contribution in [0.1, 0.15) is 34.1 Å². The van der Waals surface area contributed by atoms with Crippen molar-refractivity contribution in [3.8, 4) is 0 Å². The zero-order valence-electron chi connectivity index (χ0n) is 15.5. The molecule has 0 saturated carbocycles. The summed E-state index contributed by atoms with van der Waals surface area (Å²) < 4.78 is 1.53. The van der Waals surface area contributed by atoms with Crippen molar-refractivity contribution < 1.29 is 4.79 Å². The Hall–Kier alpha value is -1.79. The molecule has 0 fully saturated rings. The van der Waals surface area contributed by atoms with Gasteiger partial charge in [0.25, 0.3) is 5.56 Å². The third-order valence-electron chi connectivity index (χ3n) is 4.19. The molecule has 1 atom stereocenters. The van der Waals surface area contributed by atoms with Gasteiger partial charge >= 0.3 is 0 Å². The van der Waals surface area contributed by atoms with Crippen LogP contribution >= 0.6 is 23.4 Å². The van der Waals surface area contributed by atoms with Crippen LogP contribution in [0.3, 0.4) is 0 Å². The fourth-order valence-electron chi connectivity index (χ4n) is 2.29.